The number of rotatable bonds is 1. The number of hydrogen-bond acceptors (Lipinski definition) is 3. The highest BCUT2D eigenvalue weighted by Gasteiger charge is 2.06. The second-order valence-corrected chi connectivity index (χ2v) is 5.16. The largest absolute Gasteiger partial charge is 0.297 e. The molecule has 14 heavy (non-hydrogen) atoms. The van der Waals surface area contributed by atoms with Crippen LogP contribution in [0.4, 0.5) is 0 Å². The van der Waals surface area contributed by atoms with Crippen molar-refractivity contribution in [1.82, 2.24) is 9.38 Å². The minimum absolute atomic E-state index is 1.07. The summed E-state index contributed by atoms with van der Waals surface area (Å²) < 4.78 is 2.09. The zero-order valence-electron chi connectivity index (χ0n) is 7.60. The monoisotopic (exact) mass is 220 g/mol. The second-order valence-electron chi connectivity index (χ2n) is 3.17. The van der Waals surface area contributed by atoms with Crippen LogP contribution in [0, 0.1) is 6.92 Å². The average Bonchev–Trinajstić information content (AvgIpc) is 2.74. The topological polar surface area (TPSA) is 17.3 Å². The van der Waals surface area contributed by atoms with E-state index in [1.807, 2.05) is 0 Å². The van der Waals surface area contributed by atoms with Gasteiger partial charge in [-0.3, -0.25) is 4.40 Å². The number of aromatic nitrogens is 2. The van der Waals surface area contributed by atoms with E-state index in [0.29, 0.717) is 0 Å². The molecule has 0 aliphatic rings. The maximum absolute atomic E-state index is 4.56. The van der Waals surface area contributed by atoms with Crippen molar-refractivity contribution in [2.24, 2.45) is 0 Å². The van der Waals surface area contributed by atoms with Crippen LogP contribution in [0.5, 0.6) is 0 Å². The number of nitrogens with zero attached hydrogens (tertiary/aromatic N) is 2. The van der Waals surface area contributed by atoms with Gasteiger partial charge in [0.25, 0.3) is 0 Å². The molecule has 3 rings (SSSR count). The second kappa shape index (κ2) is 2.93. The first-order chi connectivity index (χ1) is 6.83. The van der Waals surface area contributed by atoms with Gasteiger partial charge in [0.05, 0.1) is 5.69 Å². The summed E-state index contributed by atoms with van der Waals surface area (Å²) in [6.07, 6.45) is 4.20. The van der Waals surface area contributed by atoms with E-state index in [0.717, 1.165) is 10.7 Å². The van der Waals surface area contributed by atoms with Crippen molar-refractivity contribution in [1.29, 1.82) is 0 Å². The smallest absolute Gasteiger partial charge is 0.194 e. The van der Waals surface area contributed by atoms with Gasteiger partial charge in [0.15, 0.2) is 4.96 Å². The lowest BCUT2D eigenvalue weighted by Crippen LogP contribution is -1.71. The highest BCUT2D eigenvalue weighted by atomic mass is 32.1. The van der Waals surface area contributed by atoms with E-state index in [-0.39, 0.29) is 0 Å². The number of aryl methyl sites for hydroxylation is 1. The Morgan fingerprint density at radius 1 is 1.36 bits per heavy atom. The van der Waals surface area contributed by atoms with Gasteiger partial charge in [0.1, 0.15) is 0 Å². The molecule has 0 atom stereocenters. The van der Waals surface area contributed by atoms with Crippen LogP contribution in [0.15, 0.2) is 29.2 Å². The molecular formula is C10H8N2S2. The predicted molar refractivity (Wildman–Crippen MR) is 61.1 cm³/mol. The molecule has 0 spiro atoms. The fraction of sp³-hybridized carbons (Fsp3) is 0.100. The van der Waals surface area contributed by atoms with Crippen LogP contribution in [0.3, 0.4) is 0 Å². The summed E-state index contributed by atoms with van der Waals surface area (Å²) in [6, 6.07) is 2.10. The zero-order valence-corrected chi connectivity index (χ0v) is 9.23. The predicted octanol–water partition coefficient (Wildman–Crippen LogP) is 3.43. The van der Waals surface area contributed by atoms with Crippen molar-refractivity contribution in [2.75, 3.05) is 0 Å². The molecule has 4 heteroatoms. The molecule has 0 bridgehead atoms. The zero-order chi connectivity index (χ0) is 9.54. The lowest BCUT2D eigenvalue weighted by atomic mass is 10.3. The molecule has 70 valence electrons. The van der Waals surface area contributed by atoms with Crippen molar-refractivity contribution in [3.05, 3.63) is 34.1 Å². The highest BCUT2D eigenvalue weighted by molar-refractivity contribution is 7.17. The first kappa shape index (κ1) is 8.20. The first-order valence-corrected chi connectivity index (χ1v) is 6.06. The van der Waals surface area contributed by atoms with Crippen molar-refractivity contribution in [3.63, 3.8) is 0 Å². The molecule has 0 saturated carbocycles. The van der Waals surface area contributed by atoms with Crippen molar-refractivity contribution < 1.29 is 0 Å². The normalized spacial score (nSPS) is 11.2. The third-order valence-electron chi connectivity index (χ3n) is 2.09. The Kier molecular flexibility index (Phi) is 1.72. The fourth-order valence-corrected chi connectivity index (χ4v) is 2.92. The van der Waals surface area contributed by atoms with E-state index in [1.165, 1.54) is 10.4 Å². The van der Waals surface area contributed by atoms with Crippen LogP contribution < -0.4 is 0 Å². The molecule has 0 aliphatic heterocycles. The van der Waals surface area contributed by atoms with E-state index in [1.54, 1.807) is 22.7 Å². The van der Waals surface area contributed by atoms with Gasteiger partial charge in [0, 0.05) is 28.2 Å². The number of fused-ring (bicyclic) bond motifs is 1. The summed E-state index contributed by atoms with van der Waals surface area (Å²) in [5, 5.41) is 4.20. The van der Waals surface area contributed by atoms with Gasteiger partial charge in [0.2, 0.25) is 0 Å². The molecule has 2 nitrogen and oxygen atoms in total. The minimum atomic E-state index is 1.07. The maximum atomic E-state index is 4.56. The first-order valence-electron chi connectivity index (χ1n) is 4.30. The molecule has 0 aliphatic carbocycles. The number of thiophene rings is 1. The van der Waals surface area contributed by atoms with Gasteiger partial charge in [-0.25, -0.2) is 4.98 Å². The Morgan fingerprint density at radius 3 is 3.00 bits per heavy atom. The SMILES string of the molecule is Cc1cn2cc(-c3ccsc3)nc2s1. The van der Waals surface area contributed by atoms with Gasteiger partial charge in [-0.15, -0.1) is 11.3 Å². The van der Waals surface area contributed by atoms with Crippen LogP contribution in [-0.2, 0) is 0 Å². The molecule has 0 aromatic carbocycles. The Balaban J connectivity index is 2.20. The Morgan fingerprint density at radius 2 is 2.29 bits per heavy atom. The Bertz CT molecular complexity index is 528. The molecule has 0 unspecified atom stereocenters. The quantitative estimate of drug-likeness (QED) is 0.614. The molecule has 0 N–H and O–H groups in total. The summed E-state index contributed by atoms with van der Waals surface area (Å²) in [7, 11) is 0. The number of imidazole rings is 1. The van der Waals surface area contributed by atoms with Gasteiger partial charge in [-0.1, -0.05) is 0 Å². The van der Waals surface area contributed by atoms with Crippen molar-refractivity contribution >= 4 is 27.6 Å². The van der Waals surface area contributed by atoms with Crippen LogP contribution in [0.1, 0.15) is 4.88 Å². The van der Waals surface area contributed by atoms with Crippen LogP contribution in [0.2, 0.25) is 0 Å². The summed E-state index contributed by atoms with van der Waals surface area (Å²) in [5.41, 5.74) is 2.28. The third kappa shape index (κ3) is 1.19. The summed E-state index contributed by atoms with van der Waals surface area (Å²) >= 11 is 3.43. The molecule has 3 aromatic heterocycles. The fourth-order valence-electron chi connectivity index (χ4n) is 1.46. The number of hydrogen-bond donors (Lipinski definition) is 0. The van der Waals surface area contributed by atoms with Crippen LogP contribution >= 0.6 is 22.7 Å². The van der Waals surface area contributed by atoms with Crippen molar-refractivity contribution in [2.45, 2.75) is 6.92 Å². The highest BCUT2D eigenvalue weighted by Crippen LogP contribution is 2.24. The van der Waals surface area contributed by atoms with E-state index in [2.05, 4.69) is 45.5 Å². The van der Waals surface area contributed by atoms with Crippen LogP contribution in [0.25, 0.3) is 16.2 Å². The average molecular weight is 220 g/mol. The van der Waals surface area contributed by atoms with Crippen LogP contribution in [-0.4, -0.2) is 9.38 Å². The molecule has 0 amide bonds. The van der Waals surface area contributed by atoms with Crippen molar-refractivity contribution in [3.8, 4) is 11.3 Å². The van der Waals surface area contributed by atoms with E-state index < -0.39 is 0 Å². The molecule has 0 radical (unpaired) electrons. The number of thiazole rings is 1. The summed E-state index contributed by atoms with van der Waals surface area (Å²) in [5.74, 6) is 0. The lowest BCUT2D eigenvalue weighted by Gasteiger charge is -1.85. The molecule has 3 heterocycles. The van der Waals surface area contributed by atoms with E-state index >= 15 is 0 Å². The van der Waals surface area contributed by atoms with E-state index in [4.69, 9.17) is 0 Å². The molecular weight excluding hydrogens is 212 g/mol. The lowest BCUT2D eigenvalue weighted by molar-refractivity contribution is 1.22. The maximum Gasteiger partial charge on any atom is 0.194 e. The minimum Gasteiger partial charge on any atom is -0.297 e. The van der Waals surface area contributed by atoms with Gasteiger partial charge < -0.3 is 0 Å². The van der Waals surface area contributed by atoms with Gasteiger partial charge >= 0.3 is 0 Å². The third-order valence-corrected chi connectivity index (χ3v) is 3.68. The van der Waals surface area contributed by atoms with E-state index in [9.17, 15) is 0 Å². The molecule has 3 aromatic rings. The van der Waals surface area contributed by atoms with Gasteiger partial charge in [-0.2, -0.15) is 11.3 Å². The van der Waals surface area contributed by atoms with Gasteiger partial charge in [-0.05, 0) is 18.4 Å². The summed E-state index contributed by atoms with van der Waals surface area (Å²) in [6.45, 7) is 2.10. The summed E-state index contributed by atoms with van der Waals surface area (Å²) in [4.78, 5) is 6.93. The molecule has 0 fully saturated rings. The standard InChI is InChI=1S/C10H8N2S2/c1-7-4-12-5-9(11-10(12)14-7)8-2-3-13-6-8/h2-6H,1H3. The Labute approximate surface area is 89.5 Å². The Hall–Kier alpha value is -1.13. The molecule has 0 saturated heterocycles.